The second-order valence-corrected chi connectivity index (χ2v) is 7.00. The number of amides is 1. The third-order valence-electron chi connectivity index (χ3n) is 3.97. The number of benzene rings is 1. The first-order valence-electron chi connectivity index (χ1n) is 7.67. The molecule has 0 unspecified atom stereocenters. The molecule has 7 nitrogen and oxygen atoms in total. The van der Waals surface area contributed by atoms with Gasteiger partial charge in [-0.05, 0) is 24.4 Å². The van der Waals surface area contributed by atoms with Gasteiger partial charge in [0.1, 0.15) is 22.2 Å². The smallest absolute Gasteiger partial charge is 0.267 e. The first kappa shape index (κ1) is 17.7. The van der Waals surface area contributed by atoms with E-state index in [2.05, 4.69) is 0 Å². The van der Waals surface area contributed by atoms with Crippen LogP contribution in [0.1, 0.15) is 9.67 Å². The highest BCUT2D eigenvalue weighted by Gasteiger charge is 2.25. The average molecular weight is 381 g/mol. The van der Waals surface area contributed by atoms with Crippen molar-refractivity contribution in [2.75, 3.05) is 46.3 Å². The van der Waals surface area contributed by atoms with Crippen LogP contribution >= 0.6 is 23.6 Å². The minimum absolute atomic E-state index is 0.122. The van der Waals surface area contributed by atoms with Crippen LogP contribution in [0.4, 0.5) is 5.82 Å². The Morgan fingerprint density at radius 2 is 2.00 bits per heavy atom. The summed E-state index contributed by atoms with van der Waals surface area (Å²) in [6.07, 6.45) is 0. The number of morpholine rings is 1. The summed E-state index contributed by atoms with van der Waals surface area (Å²) in [7, 11) is 3.14. The lowest BCUT2D eigenvalue weighted by Crippen LogP contribution is -2.40. The van der Waals surface area contributed by atoms with Crippen LogP contribution in [-0.4, -0.2) is 55.9 Å². The van der Waals surface area contributed by atoms with Crippen LogP contribution in [0.3, 0.4) is 0 Å². The molecule has 0 spiro atoms. The summed E-state index contributed by atoms with van der Waals surface area (Å²) in [6.45, 7) is 2.16. The van der Waals surface area contributed by atoms with E-state index in [-0.39, 0.29) is 5.91 Å². The minimum Gasteiger partial charge on any atom is -0.497 e. The van der Waals surface area contributed by atoms with E-state index >= 15 is 0 Å². The monoisotopic (exact) mass is 381 g/mol. The molecule has 1 aromatic heterocycles. The van der Waals surface area contributed by atoms with Crippen LogP contribution in [0.15, 0.2) is 18.2 Å². The van der Waals surface area contributed by atoms with Crippen molar-refractivity contribution in [1.82, 2.24) is 9.47 Å². The molecule has 0 aliphatic carbocycles. The van der Waals surface area contributed by atoms with Crippen molar-refractivity contribution in [2.24, 2.45) is 0 Å². The van der Waals surface area contributed by atoms with Gasteiger partial charge in [0.2, 0.25) is 0 Å². The third-order valence-corrected chi connectivity index (χ3v) is 5.34. The zero-order valence-electron chi connectivity index (χ0n) is 14.0. The van der Waals surface area contributed by atoms with E-state index in [1.54, 1.807) is 41.9 Å². The minimum atomic E-state index is -0.122. The Kier molecular flexibility index (Phi) is 5.26. The molecule has 1 amide bonds. The van der Waals surface area contributed by atoms with Crippen molar-refractivity contribution in [2.45, 2.75) is 0 Å². The van der Waals surface area contributed by atoms with Gasteiger partial charge in [-0.15, -0.1) is 0 Å². The molecule has 9 heteroatoms. The molecule has 1 fully saturated rings. The van der Waals surface area contributed by atoms with Crippen molar-refractivity contribution in [3.8, 4) is 17.2 Å². The first-order valence-corrected chi connectivity index (χ1v) is 8.90. The maximum atomic E-state index is 12.8. The highest BCUT2D eigenvalue weighted by atomic mass is 32.1. The van der Waals surface area contributed by atoms with E-state index in [9.17, 15) is 4.79 Å². The molecule has 0 bridgehead atoms. The molecule has 0 radical (unpaired) electrons. The maximum Gasteiger partial charge on any atom is 0.267 e. The van der Waals surface area contributed by atoms with Crippen LogP contribution in [0, 0.1) is 3.95 Å². The van der Waals surface area contributed by atoms with Gasteiger partial charge in [-0.1, -0.05) is 11.3 Å². The second kappa shape index (κ2) is 7.42. The predicted molar refractivity (Wildman–Crippen MR) is 98.7 cm³/mol. The van der Waals surface area contributed by atoms with Crippen LogP contribution in [0.2, 0.25) is 0 Å². The maximum absolute atomic E-state index is 12.8. The molecule has 1 aliphatic heterocycles. The van der Waals surface area contributed by atoms with Crippen LogP contribution in [-0.2, 0) is 4.74 Å². The summed E-state index contributed by atoms with van der Waals surface area (Å²) in [5.41, 5.74) is 6.95. The van der Waals surface area contributed by atoms with Gasteiger partial charge in [0, 0.05) is 19.2 Å². The topological polar surface area (TPSA) is 79.0 Å². The van der Waals surface area contributed by atoms with Gasteiger partial charge < -0.3 is 24.8 Å². The van der Waals surface area contributed by atoms with Gasteiger partial charge in [-0.2, -0.15) is 0 Å². The van der Waals surface area contributed by atoms with Crippen molar-refractivity contribution >= 4 is 35.3 Å². The number of carbonyl (C=O) groups is 1. The summed E-state index contributed by atoms with van der Waals surface area (Å²) >= 11 is 6.65. The zero-order chi connectivity index (χ0) is 18.0. The number of anilines is 1. The van der Waals surface area contributed by atoms with E-state index in [0.717, 1.165) is 0 Å². The lowest BCUT2D eigenvalue weighted by Gasteiger charge is -2.26. The van der Waals surface area contributed by atoms with Gasteiger partial charge in [-0.25, -0.2) is 0 Å². The molecule has 134 valence electrons. The molecular weight excluding hydrogens is 362 g/mol. The summed E-state index contributed by atoms with van der Waals surface area (Å²) in [5, 5.41) is 0. The molecular formula is C16H19N3O4S2. The van der Waals surface area contributed by atoms with Crippen molar-refractivity contribution in [3.63, 3.8) is 0 Å². The van der Waals surface area contributed by atoms with Gasteiger partial charge >= 0.3 is 0 Å². The number of ether oxygens (including phenoxy) is 3. The molecule has 0 atom stereocenters. The molecule has 2 N–H and O–H groups in total. The Morgan fingerprint density at radius 3 is 2.64 bits per heavy atom. The molecule has 3 rings (SSSR count). The lowest BCUT2D eigenvalue weighted by molar-refractivity contribution is 0.0306. The van der Waals surface area contributed by atoms with Crippen LogP contribution in [0.5, 0.6) is 11.5 Å². The van der Waals surface area contributed by atoms with Crippen LogP contribution < -0.4 is 15.2 Å². The number of nitrogens with two attached hydrogens (primary N) is 1. The number of nitrogens with zero attached hydrogens (tertiary/aromatic N) is 2. The number of methoxy groups -OCH3 is 2. The van der Waals surface area contributed by atoms with Gasteiger partial charge in [0.15, 0.2) is 3.95 Å². The first-order chi connectivity index (χ1) is 12.1. The molecule has 1 saturated heterocycles. The number of hydrogen-bond acceptors (Lipinski definition) is 7. The highest BCUT2D eigenvalue weighted by Crippen LogP contribution is 2.34. The number of carbonyl (C=O) groups excluding carboxylic acids is 1. The predicted octanol–water partition coefficient (Wildman–Crippen LogP) is 2.34. The SMILES string of the molecule is COc1ccc(-n2c(N)c(C(=O)N3CCOCC3)sc2=S)c(OC)c1. The zero-order valence-corrected chi connectivity index (χ0v) is 15.6. The highest BCUT2D eigenvalue weighted by molar-refractivity contribution is 7.73. The average Bonchev–Trinajstić information content (AvgIpc) is 2.95. The van der Waals surface area contributed by atoms with Gasteiger partial charge in [-0.3, -0.25) is 9.36 Å². The second-order valence-electron chi connectivity index (χ2n) is 5.36. The molecule has 2 aromatic rings. The van der Waals surface area contributed by atoms with E-state index in [1.807, 2.05) is 0 Å². The summed E-state index contributed by atoms with van der Waals surface area (Å²) in [4.78, 5) is 14.9. The van der Waals surface area contributed by atoms with Crippen molar-refractivity contribution < 1.29 is 19.0 Å². The number of nitrogen functional groups attached to an aromatic ring is 1. The Balaban J connectivity index is 2.03. The van der Waals surface area contributed by atoms with Crippen molar-refractivity contribution in [1.29, 1.82) is 0 Å². The third kappa shape index (κ3) is 3.35. The number of rotatable bonds is 4. The Morgan fingerprint density at radius 1 is 1.28 bits per heavy atom. The Labute approximate surface area is 154 Å². The fourth-order valence-electron chi connectivity index (χ4n) is 2.65. The van der Waals surface area contributed by atoms with Crippen molar-refractivity contribution in [3.05, 3.63) is 27.0 Å². The van der Waals surface area contributed by atoms with Gasteiger partial charge in [0.25, 0.3) is 5.91 Å². The Bertz CT molecular complexity index is 840. The van der Waals surface area contributed by atoms with Gasteiger partial charge in [0.05, 0.1) is 33.1 Å². The van der Waals surface area contributed by atoms with E-state index < -0.39 is 0 Å². The van der Waals surface area contributed by atoms with Crippen LogP contribution in [0.25, 0.3) is 5.69 Å². The number of aromatic nitrogens is 1. The normalized spacial score (nSPS) is 14.4. The summed E-state index contributed by atoms with van der Waals surface area (Å²) in [5.74, 6) is 1.41. The quantitative estimate of drug-likeness (QED) is 0.819. The van der Waals surface area contributed by atoms with E-state index in [0.29, 0.717) is 58.1 Å². The Hall–Kier alpha value is -2.10. The van der Waals surface area contributed by atoms with E-state index in [4.69, 9.17) is 32.2 Å². The standard InChI is InChI=1S/C16H19N3O4S2/c1-21-10-3-4-11(12(9-10)22-2)19-14(17)13(25-16(19)24)15(20)18-5-7-23-8-6-18/h3-4,9H,5-8,17H2,1-2H3. The summed E-state index contributed by atoms with van der Waals surface area (Å²) < 4.78 is 18.1. The lowest BCUT2D eigenvalue weighted by atomic mass is 10.2. The molecule has 25 heavy (non-hydrogen) atoms. The molecule has 1 aliphatic rings. The number of hydrogen-bond donors (Lipinski definition) is 1. The summed E-state index contributed by atoms with van der Waals surface area (Å²) in [6, 6.07) is 5.34. The molecule has 1 aromatic carbocycles. The van der Waals surface area contributed by atoms with E-state index in [1.165, 1.54) is 11.3 Å². The number of thiazole rings is 1. The fourth-order valence-corrected chi connectivity index (χ4v) is 3.97. The fraction of sp³-hybridized carbons (Fsp3) is 0.375. The molecule has 0 saturated carbocycles. The molecule has 2 heterocycles. The largest absolute Gasteiger partial charge is 0.497 e.